The van der Waals surface area contributed by atoms with Gasteiger partial charge in [-0.15, -0.1) is 0 Å². The van der Waals surface area contributed by atoms with Crippen LogP contribution in [0, 0.1) is 0 Å². The topological polar surface area (TPSA) is 63.7 Å². The van der Waals surface area contributed by atoms with E-state index < -0.39 is 23.8 Å². The number of fused-ring (bicyclic) bond motifs is 1. The van der Waals surface area contributed by atoms with Gasteiger partial charge in [0.15, 0.2) is 0 Å². The lowest BCUT2D eigenvalue weighted by Crippen LogP contribution is -2.45. The van der Waals surface area contributed by atoms with E-state index in [2.05, 4.69) is 0 Å². The molecule has 0 saturated carbocycles. The van der Waals surface area contributed by atoms with E-state index in [0.717, 1.165) is 17.7 Å². The molecule has 1 aromatic rings. The molecular weight excluding hydrogens is 258 g/mol. The van der Waals surface area contributed by atoms with E-state index in [-0.39, 0.29) is 0 Å². The van der Waals surface area contributed by atoms with Crippen LogP contribution in [0.4, 0.5) is 0 Å². The summed E-state index contributed by atoms with van der Waals surface area (Å²) in [5, 5.41) is 0. The van der Waals surface area contributed by atoms with E-state index in [1.165, 1.54) is 7.11 Å². The van der Waals surface area contributed by atoms with Crippen molar-refractivity contribution in [2.45, 2.75) is 32.2 Å². The average molecular weight is 275 g/mol. The average Bonchev–Trinajstić information content (AvgIpc) is 2.73. The monoisotopic (exact) mass is 275 g/mol. The van der Waals surface area contributed by atoms with Crippen molar-refractivity contribution < 1.29 is 19.1 Å². The van der Waals surface area contributed by atoms with Gasteiger partial charge in [-0.05, 0) is 18.6 Å². The van der Waals surface area contributed by atoms with E-state index >= 15 is 0 Å². The van der Waals surface area contributed by atoms with Crippen molar-refractivity contribution in [2.24, 2.45) is 0 Å². The molecule has 1 heterocycles. The Hall–Kier alpha value is -2.17. The first-order valence-electron chi connectivity index (χ1n) is 6.66. The number of esters is 1. The minimum absolute atomic E-state index is 0.350. The van der Waals surface area contributed by atoms with E-state index in [0.29, 0.717) is 17.5 Å². The van der Waals surface area contributed by atoms with Crippen LogP contribution < -0.4 is 0 Å². The zero-order chi connectivity index (χ0) is 14.7. The predicted molar refractivity (Wildman–Crippen MR) is 72.3 cm³/mol. The van der Waals surface area contributed by atoms with Gasteiger partial charge in [-0.3, -0.25) is 14.5 Å². The molecule has 2 rings (SSSR count). The largest absolute Gasteiger partial charge is 0.467 e. The van der Waals surface area contributed by atoms with E-state index in [1.807, 2.05) is 6.92 Å². The molecular formula is C15H17NO4. The number of hydrogen-bond acceptors (Lipinski definition) is 4. The number of imide groups is 1. The second-order valence-electron chi connectivity index (χ2n) is 4.71. The quantitative estimate of drug-likeness (QED) is 0.609. The van der Waals surface area contributed by atoms with Crippen molar-refractivity contribution in [1.82, 2.24) is 4.90 Å². The first-order chi connectivity index (χ1) is 9.61. The number of carbonyl (C=O) groups is 3. The molecule has 1 aromatic carbocycles. The van der Waals surface area contributed by atoms with Gasteiger partial charge in [0.25, 0.3) is 11.8 Å². The molecule has 1 atom stereocenters. The molecule has 5 nitrogen and oxygen atoms in total. The van der Waals surface area contributed by atoms with Gasteiger partial charge in [-0.1, -0.05) is 31.9 Å². The highest BCUT2D eigenvalue weighted by atomic mass is 16.5. The fraction of sp³-hybridized carbons (Fsp3) is 0.400. The molecule has 0 aromatic heterocycles. The van der Waals surface area contributed by atoms with Crippen molar-refractivity contribution >= 4 is 17.8 Å². The summed E-state index contributed by atoms with van der Waals surface area (Å²) in [6, 6.07) is 5.76. The molecule has 5 heteroatoms. The van der Waals surface area contributed by atoms with Gasteiger partial charge < -0.3 is 4.74 Å². The maximum atomic E-state index is 12.3. The Morgan fingerprint density at radius 2 is 1.75 bits per heavy atom. The van der Waals surface area contributed by atoms with Crippen molar-refractivity contribution in [2.75, 3.05) is 7.11 Å². The summed E-state index contributed by atoms with van der Waals surface area (Å²) in [6.07, 6.45) is 2.04. The Bertz CT molecular complexity index is 518. The maximum Gasteiger partial charge on any atom is 0.329 e. The molecule has 0 N–H and O–H groups in total. The van der Waals surface area contributed by atoms with Crippen LogP contribution in [0.2, 0.25) is 0 Å². The highest BCUT2D eigenvalue weighted by molar-refractivity contribution is 6.22. The molecule has 0 radical (unpaired) electrons. The number of benzene rings is 1. The summed E-state index contributed by atoms with van der Waals surface area (Å²) in [7, 11) is 1.26. The summed E-state index contributed by atoms with van der Waals surface area (Å²) < 4.78 is 4.73. The highest BCUT2D eigenvalue weighted by Gasteiger charge is 2.42. The summed E-state index contributed by atoms with van der Waals surface area (Å²) in [5.74, 6) is -1.39. The second kappa shape index (κ2) is 5.86. The van der Waals surface area contributed by atoms with Crippen molar-refractivity contribution in [3.05, 3.63) is 35.4 Å². The third-order valence-corrected chi connectivity index (χ3v) is 3.44. The Balaban J connectivity index is 2.34. The number of rotatable bonds is 5. The van der Waals surface area contributed by atoms with Crippen LogP contribution in [0.25, 0.3) is 0 Å². The van der Waals surface area contributed by atoms with Crippen LogP contribution >= 0.6 is 0 Å². The first-order valence-corrected chi connectivity index (χ1v) is 6.66. The number of unbranched alkanes of at least 4 members (excludes halogenated alkanes) is 1. The lowest BCUT2D eigenvalue weighted by atomic mass is 10.1. The standard InChI is InChI=1S/C15H17NO4/c1-3-4-9-12(15(19)20-2)16-13(17)10-7-5-6-8-11(10)14(16)18/h5-8,12H,3-4,9H2,1-2H3. The molecule has 0 bridgehead atoms. The van der Waals surface area contributed by atoms with Crippen LogP contribution in [-0.4, -0.2) is 35.8 Å². The molecule has 0 saturated heterocycles. The third-order valence-electron chi connectivity index (χ3n) is 3.44. The van der Waals surface area contributed by atoms with Crippen LogP contribution in [0.15, 0.2) is 24.3 Å². The lowest BCUT2D eigenvalue weighted by molar-refractivity contribution is -0.145. The smallest absolute Gasteiger partial charge is 0.329 e. The Kier molecular flexibility index (Phi) is 4.17. The molecule has 1 unspecified atom stereocenters. The number of amides is 2. The Morgan fingerprint density at radius 3 is 2.20 bits per heavy atom. The summed E-state index contributed by atoms with van der Waals surface area (Å²) in [5.41, 5.74) is 0.700. The molecule has 20 heavy (non-hydrogen) atoms. The fourth-order valence-corrected chi connectivity index (χ4v) is 2.38. The van der Waals surface area contributed by atoms with Crippen molar-refractivity contribution in [1.29, 1.82) is 0 Å². The van der Waals surface area contributed by atoms with Gasteiger partial charge in [0.05, 0.1) is 18.2 Å². The molecule has 2 amide bonds. The van der Waals surface area contributed by atoms with Gasteiger partial charge in [0, 0.05) is 0 Å². The molecule has 0 spiro atoms. The zero-order valence-electron chi connectivity index (χ0n) is 11.6. The van der Waals surface area contributed by atoms with E-state index in [9.17, 15) is 14.4 Å². The van der Waals surface area contributed by atoms with Crippen molar-refractivity contribution in [3.63, 3.8) is 0 Å². The van der Waals surface area contributed by atoms with Gasteiger partial charge in [0.2, 0.25) is 0 Å². The van der Waals surface area contributed by atoms with Crippen LogP contribution in [0.3, 0.4) is 0 Å². The van der Waals surface area contributed by atoms with Crippen molar-refractivity contribution in [3.8, 4) is 0 Å². The normalized spacial score (nSPS) is 15.2. The first kappa shape index (κ1) is 14.2. The zero-order valence-corrected chi connectivity index (χ0v) is 11.6. The minimum atomic E-state index is -0.840. The van der Waals surface area contributed by atoms with Crippen LogP contribution in [-0.2, 0) is 9.53 Å². The van der Waals surface area contributed by atoms with Gasteiger partial charge >= 0.3 is 5.97 Å². The number of methoxy groups -OCH3 is 1. The number of ether oxygens (including phenoxy) is 1. The third kappa shape index (κ3) is 2.31. The summed E-state index contributed by atoms with van der Waals surface area (Å²) in [6.45, 7) is 1.98. The Labute approximate surface area is 117 Å². The van der Waals surface area contributed by atoms with E-state index in [4.69, 9.17) is 4.74 Å². The van der Waals surface area contributed by atoms with Gasteiger partial charge in [-0.2, -0.15) is 0 Å². The predicted octanol–water partition coefficient (Wildman–Crippen LogP) is 2.01. The number of hydrogen-bond donors (Lipinski definition) is 0. The van der Waals surface area contributed by atoms with E-state index in [1.54, 1.807) is 24.3 Å². The minimum Gasteiger partial charge on any atom is -0.467 e. The van der Waals surface area contributed by atoms with Gasteiger partial charge in [0.1, 0.15) is 6.04 Å². The van der Waals surface area contributed by atoms with Gasteiger partial charge in [-0.25, -0.2) is 4.79 Å². The van der Waals surface area contributed by atoms with Crippen LogP contribution in [0.1, 0.15) is 46.9 Å². The number of nitrogens with zero attached hydrogens (tertiary/aromatic N) is 1. The SMILES string of the molecule is CCCCC(C(=O)OC)N1C(=O)c2ccccc2C1=O. The molecule has 0 aliphatic carbocycles. The Morgan fingerprint density at radius 1 is 1.20 bits per heavy atom. The lowest BCUT2D eigenvalue weighted by Gasteiger charge is -2.23. The molecule has 1 aliphatic rings. The number of carbonyl (C=O) groups excluding carboxylic acids is 3. The van der Waals surface area contributed by atoms with Crippen LogP contribution in [0.5, 0.6) is 0 Å². The summed E-state index contributed by atoms with van der Waals surface area (Å²) >= 11 is 0. The molecule has 1 aliphatic heterocycles. The highest BCUT2D eigenvalue weighted by Crippen LogP contribution is 2.26. The summed E-state index contributed by atoms with van der Waals surface area (Å²) in [4.78, 5) is 37.6. The maximum absolute atomic E-state index is 12.3. The molecule has 0 fully saturated rings. The fourth-order valence-electron chi connectivity index (χ4n) is 2.38. The molecule has 106 valence electrons. The second-order valence-corrected chi connectivity index (χ2v) is 4.71.